The monoisotopic (exact) mass is 371 g/mol. The minimum atomic E-state index is -0.256. The molecule has 1 heterocycles. The molecule has 4 aromatic rings. The van der Waals surface area contributed by atoms with Crippen molar-refractivity contribution in [1.29, 1.82) is 0 Å². The maximum absolute atomic E-state index is 12.2. The molecule has 0 aliphatic rings. The van der Waals surface area contributed by atoms with Gasteiger partial charge in [0.15, 0.2) is 6.61 Å². The molecule has 2 N–H and O–H groups in total. The Morgan fingerprint density at radius 3 is 2.43 bits per heavy atom. The van der Waals surface area contributed by atoms with E-state index < -0.39 is 0 Å². The van der Waals surface area contributed by atoms with Crippen molar-refractivity contribution in [2.45, 2.75) is 0 Å². The standard InChI is InChI=1S/C22H17N3O3/c26-20(14-28-17-6-2-1-3-7-17)23-16-12-10-15(11-13-16)21-24-19-9-5-4-8-18(19)22(27)25-21/h1-13H,14H2,(H,23,26)(H,24,25,27). The largest absolute Gasteiger partial charge is 0.484 e. The van der Waals surface area contributed by atoms with Crippen LogP contribution in [0.15, 0.2) is 83.7 Å². The molecular weight excluding hydrogens is 354 g/mol. The quantitative estimate of drug-likeness (QED) is 0.561. The van der Waals surface area contributed by atoms with Crippen LogP contribution in [0.3, 0.4) is 0 Å². The second-order valence-electron chi connectivity index (χ2n) is 6.16. The van der Waals surface area contributed by atoms with Gasteiger partial charge >= 0.3 is 0 Å². The number of hydrogen-bond donors (Lipinski definition) is 2. The van der Waals surface area contributed by atoms with Gasteiger partial charge in [-0.05, 0) is 48.5 Å². The number of rotatable bonds is 5. The molecule has 4 rings (SSSR count). The van der Waals surface area contributed by atoms with E-state index in [-0.39, 0.29) is 18.1 Å². The summed E-state index contributed by atoms with van der Waals surface area (Å²) in [6.07, 6.45) is 0. The molecule has 0 fully saturated rings. The lowest BCUT2D eigenvalue weighted by atomic mass is 10.1. The van der Waals surface area contributed by atoms with Gasteiger partial charge in [-0.15, -0.1) is 0 Å². The fraction of sp³-hybridized carbons (Fsp3) is 0.0455. The number of ether oxygens (including phenoxy) is 1. The van der Waals surface area contributed by atoms with Gasteiger partial charge in [0.1, 0.15) is 11.6 Å². The number of para-hydroxylation sites is 2. The van der Waals surface area contributed by atoms with Crippen LogP contribution < -0.4 is 15.6 Å². The van der Waals surface area contributed by atoms with Crippen LogP contribution in [-0.2, 0) is 4.79 Å². The Balaban J connectivity index is 1.45. The molecule has 28 heavy (non-hydrogen) atoms. The molecule has 0 spiro atoms. The SMILES string of the molecule is O=C(COc1ccccc1)Nc1ccc(-c2nc3ccccc3c(=O)[nH]2)cc1. The van der Waals surface area contributed by atoms with Gasteiger partial charge in [-0.3, -0.25) is 9.59 Å². The number of fused-ring (bicyclic) bond motifs is 1. The Bertz CT molecular complexity index is 1170. The van der Waals surface area contributed by atoms with E-state index in [1.807, 2.05) is 24.3 Å². The molecule has 6 heteroatoms. The van der Waals surface area contributed by atoms with Crippen LogP contribution in [0.25, 0.3) is 22.3 Å². The molecular formula is C22H17N3O3. The first-order chi connectivity index (χ1) is 13.7. The van der Waals surface area contributed by atoms with Crippen molar-refractivity contribution in [1.82, 2.24) is 9.97 Å². The van der Waals surface area contributed by atoms with Crippen molar-refractivity contribution >= 4 is 22.5 Å². The number of carbonyl (C=O) groups excluding carboxylic acids is 1. The number of hydrogen-bond acceptors (Lipinski definition) is 4. The highest BCUT2D eigenvalue weighted by Gasteiger charge is 2.07. The van der Waals surface area contributed by atoms with Gasteiger partial charge in [0.05, 0.1) is 10.9 Å². The van der Waals surface area contributed by atoms with Gasteiger partial charge in [0, 0.05) is 11.3 Å². The molecule has 138 valence electrons. The van der Waals surface area contributed by atoms with Gasteiger partial charge in [-0.25, -0.2) is 4.98 Å². The molecule has 0 unspecified atom stereocenters. The molecule has 6 nitrogen and oxygen atoms in total. The van der Waals surface area contributed by atoms with E-state index in [4.69, 9.17) is 4.74 Å². The molecule has 0 saturated heterocycles. The summed E-state index contributed by atoms with van der Waals surface area (Å²) < 4.78 is 5.43. The van der Waals surface area contributed by atoms with Crippen molar-refractivity contribution in [3.05, 3.63) is 89.2 Å². The van der Waals surface area contributed by atoms with Gasteiger partial charge in [-0.2, -0.15) is 0 Å². The number of carbonyl (C=O) groups is 1. The van der Waals surface area contributed by atoms with E-state index in [1.54, 1.807) is 54.6 Å². The first kappa shape index (κ1) is 17.5. The zero-order chi connectivity index (χ0) is 19.3. The lowest BCUT2D eigenvalue weighted by Gasteiger charge is -2.08. The third kappa shape index (κ3) is 3.91. The third-order valence-electron chi connectivity index (χ3n) is 4.17. The molecule has 1 aromatic heterocycles. The van der Waals surface area contributed by atoms with Gasteiger partial charge in [-0.1, -0.05) is 30.3 Å². The predicted octanol–water partition coefficient (Wildman–Crippen LogP) is 3.61. The molecule has 0 aliphatic heterocycles. The number of anilines is 1. The number of H-pyrrole nitrogens is 1. The minimum Gasteiger partial charge on any atom is -0.484 e. The second-order valence-corrected chi connectivity index (χ2v) is 6.16. The zero-order valence-corrected chi connectivity index (χ0v) is 14.9. The van der Waals surface area contributed by atoms with E-state index in [0.29, 0.717) is 28.2 Å². The van der Waals surface area contributed by atoms with Crippen LogP contribution >= 0.6 is 0 Å². The smallest absolute Gasteiger partial charge is 0.262 e. The Kier molecular flexibility index (Phi) is 4.84. The first-order valence-corrected chi connectivity index (χ1v) is 8.76. The fourth-order valence-corrected chi connectivity index (χ4v) is 2.80. The van der Waals surface area contributed by atoms with Gasteiger partial charge < -0.3 is 15.0 Å². The Morgan fingerprint density at radius 1 is 0.929 bits per heavy atom. The van der Waals surface area contributed by atoms with E-state index >= 15 is 0 Å². The van der Waals surface area contributed by atoms with Gasteiger partial charge in [0.2, 0.25) is 0 Å². The van der Waals surface area contributed by atoms with Crippen LogP contribution in [0.5, 0.6) is 5.75 Å². The average molecular weight is 371 g/mol. The van der Waals surface area contributed by atoms with E-state index in [2.05, 4.69) is 15.3 Å². The van der Waals surface area contributed by atoms with E-state index in [0.717, 1.165) is 5.56 Å². The van der Waals surface area contributed by atoms with Crippen molar-refractivity contribution in [3.8, 4) is 17.1 Å². The van der Waals surface area contributed by atoms with Gasteiger partial charge in [0.25, 0.3) is 11.5 Å². The summed E-state index contributed by atoms with van der Waals surface area (Å²) in [5.41, 5.74) is 1.84. The lowest BCUT2D eigenvalue weighted by Crippen LogP contribution is -2.20. The number of nitrogens with one attached hydrogen (secondary N) is 2. The van der Waals surface area contributed by atoms with Crippen molar-refractivity contribution in [2.24, 2.45) is 0 Å². The Labute approximate surface area is 160 Å². The number of aromatic nitrogens is 2. The fourth-order valence-electron chi connectivity index (χ4n) is 2.80. The van der Waals surface area contributed by atoms with E-state index in [9.17, 15) is 9.59 Å². The van der Waals surface area contributed by atoms with Crippen molar-refractivity contribution in [3.63, 3.8) is 0 Å². The summed E-state index contributed by atoms with van der Waals surface area (Å²) in [5, 5.41) is 3.33. The lowest BCUT2D eigenvalue weighted by molar-refractivity contribution is -0.118. The maximum Gasteiger partial charge on any atom is 0.262 e. The molecule has 0 aliphatic carbocycles. The minimum absolute atomic E-state index is 0.0781. The van der Waals surface area contributed by atoms with Crippen molar-refractivity contribution < 1.29 is 9.53 Å². The maximum atomic E-state index is 12.2. The topological polar surface area (TPSA) is 84.1 Å². The average Bonchev–Trinajstić information content (AvgIpc) is 2.73. The Hall–Kier alpha value is -3.93. The van der Waals surface area contributed by atoms with Crippen molar-refractivity contribution in [2.75, 3.05) is 11.9 Å². The highest BCUT2D eigenvalue weighted by Crippen LogP contribution is 2.19. The summed E-state index contributed by atoms with van der Waals surface area (Å²) in [7, 11) is 0. The van der Waals surface area contributed by atoms with Crippen LogP contribution in [0.1, 0.15) is 0 Å². The summed E-state index contributed by atoms with van der Waals surface area (Å²) in [4.78, 5) is 31.5. The third-order valence-corrected chi connectivity index (χ3v) is 4.17. The number of amides is 1. The second kappa shape index (κ2) is 7.75. The summed E-state index contributed by atoms with van der Waals surface area (Å²) in [5.74, 6) is 0.863. The predicted molar refractivity (Wildman–Crippen MR) is 108 cm³/mol. The van der Waals surface area contributed by atoms with Crippen LogP contribution in [0, 0.1) is 0 Å². The Morgan fingerprint density at radius 2 is 1.64 bits per heavy atom. The normalized spacial score (nSPS) is 10.6. The summed E-state index contributed by atoms with van der Waals surface area (Å²) in [6, 6.07) is 23.4. The highest BCUT2D eigenvalue weighted by molar-refractivity contribution is 5.92. The highest BCUT2D eigenvalue weighted by atomic mass is 16.5. The molecule has 0 radical (unpaired) electrons. The van der Waals surface area contributed by atoms with Crippen LogP contribution in [0.4, 0.5) is 5.69 Å². The molecule has 0 atom stereocenters. The van der Waals surface area contributed by atoms with Crippen LogP contribution in [-0.4, -0.2) is 22.5 Å². The number of nitrogens with zero attached hydrogens (tertiary/aromatic N) is 1. The molecule has 0 bridgehead atoms. The number of aromatic amines is 1. The molecule has 1 amide bonds. The molecule has 3 aromatic carbocycles. The summed E-state index contributed by atoms with van der Waals surface area (Å²) in [6.45, 7) is -0.0781. The number of benzene rings is 3. The zero-order valence-electron chi connectivity index (χ0n) is 14.9. The summed E-state index contributed by atoms with van der Waals surface area (Å²) >= 11 is 0. The molecule has 0 saturated carbocycles. The van der Waals surface area contributed by atoms with E-state index in [1.165, 1.54) is 0 Å². The first-order valence-electron chi connectivity index (χ1n) is 8.76. The van der Waals surface area contributed by atoms with Crippen LogP contribution in [0.2, 0.25) is 0 Å².